The van der Waals surface area contributed by atoms with Crippen LogP contribution in [0.5, 0.6) is 5.75 Å². The predicted molar refractivity (Wildman–Crippen MR) is 74.6 cm³/mol. The van der Waals surface area contributed by atoms with E-state index in [1.165, 1.54) is 5.56 Å². The molecule has 2 heterocycles. The lowest BCUT2D eigenvalue weighted by Gasteiger charge is -2.13. The first-order valence-corrected chi connectivity index (χ1v) is 7.12. The summed E-state index contributed by atoms with van der Waals surface area (Å²) in [4.78, 5) is 16.5. The fourth-order valence-corrected chi connectivity index (χ4v) is 3.15. The Kier molecular flexibility index (Phi) is 2.46. The van der Waals surface area contributed by atoms with E-state index in [2.05, 4.69) is 18.0 Å². The second-order valence-electron chi connectivity index (χ2n) is 5.61. The monoisotopic (exact) mass is 268 g/mol. The van der Waals surface area contributed by atoms with E-state index in [9.17, 15) is 4.79 Å². The summed E-state index contributed by atoms with van der Waals surface area (Å²) in [6.45, 7) is 2.07. The molecule has 0 radical (unpaired) electrons. The third-order valence-corrected chi connectivity index (χ3v) is 4.08. The molecule has 1 atom stereocenters. The number of Topliss-reactive ketones (excluding diaryl/α,β-unsaturated/α-hetero) is 1. The van der Waals surface area contributed by atoms with Gasteiger partial charge < -0.3 is 4.74 Å². The summed E-state index contributed by atoms with van der Waals surface area (Å²) < 4.78 is 7.65. The highest BCUT2D eigenvalue weighted by Gasteiger charge is 2.25. The van der Waals surface area contributed by atoms with E-state index in [-0.39, 0.29) is 11.9 Å². The van der Waals surface area contributed by atoms with Crippen LogP contribution >= 0.6 is 0 Å². The van der Waals surface area contributed by atoms with Gasteiger partial charge in [0.05, 0.1) is 5.69 Å². The number of hydrogen-bond donors (Lipinski definition) is 0. The van der Waals surface area contributed by atoms with Gasteiger partial charge in [0.15, 0.2) is 5.78 Å². The van der Waals surface area contributed by atoms with Crippen LogP contribution in [-0.4, -0.2) is 21.4 Å². The van der Waals surface area contributed by atoms with Crippen molar-refractivity contribution in [2.75, 3.05) is 0 Å². The second kappa shape index (κ2) is 4.20. The molecule has 0 spiro atoms. The molecule has 4 nitrogen and oxygen atoms in total. The van der Waals surface area contributed by atoms with Crippen molar-refractivity contribution in [1.82, 2.24) is 9.55 Å². The Bertz CT molecular complexity index is 702. The Hall–Kier alpha value is -2.10. The first-order chi connectivity index (χ1) is 9.72. The molecule has 2 aromatic rings. The van der Waals surface area contributed by atoms with E-state index in [1.54, 1.807) is 6.33 Å². The largest absolute Gasteiger partial charge is 0.490 e. The molecule has 0 saturated heterocycles. The van der Waals surface area contributed by atoms with Gasteiger partial charge in [0.1, 0.15) is 23.9 Å². The smallest absolute Gasteiger partial charge is 0.181 e. The first kappa shape index (κ1) is 11.7. The highest BCUT2D eigenvalue weighted by atomic mass is 16.5. The van der Waals surface area contributed by atoms with Gasteiger partial charge in [-0.2, -0.15) is 0 Å². The van der Waals surface area contributed by atoms with Crippen molar-refractivity contribution in [2.24, 2.45) is 0 Å². The molecule has 0 bridgehead atoms. The van der Waals surface area contributed by atoms with E-state index in [0.29, 0.717) is 6.42 Å². The Morgan fingerprint density at radius 2 is 2.25 bits per heavy atom. The highest BCUT2D eigenvalue weighted by molar-refractivity contribution is 5.97. The van der Waals surface area contributed by atoms with Crippen LogP contribution in [0.2, 0.25) is 0 Å². The number of ketones is 1. The van der Waals surface area contributed by atoms with Gasteiger partial charge in [-0.1, -0.05) is 0 Å². The van der Waals surface area contributed by atoms with Crippen LogP contribution in [-0.2, 0) is 12.8 Å². The number of fused-ring (bicyclic) bond motifs is 2. The maximum atomic E-state index is 12.1. The number of aromatic nitrogens is 2. The third kappa shape index (κ3) is 1.68. The van der Waals surface area contributed by atoms with Crippen molar-refractivity contribution >= 4 is 5.78 Å². The molecule has 0 fully saturated rings. The summed E-state index contributed by atoms with van der Waals surface area (Å²) in [5.74, 6) is 1.16. The van der Waals surface area contributed by atoms with E-state index < -0.39 is 0 Å². The van der Waals surface area contributed by atoms with Gasteiger partial charge >= 0.3 is 0 Å². The minimum Gasteiger partial charge on any atom is -0.490 e. The number of nitrogens with zero attached hydrogens (tertiary/aromatic N) is 2. The van der Waals surface area contributed by atoms with Crippen molar-refractivity contribution in [1.29, 1.82) is 0 Å². The molecule has 102 valence electrons. The fourth-order valence-electron chi connectivity index (χ4n) is 3.15. The normalized spacial score (nSPS) is 20.4. The van der Waals surface area contributed by atoms with Gasteiger partial charge in [0, 0.05) is 18.5 Å². The van der Waals surface area contributed by atoms with E-state index in [1.807, 2.05) is 16.7 Å². The maximum absolute atomic E-state index is 12.1. The number of rotatable bonds is 1. The predicted octanol–water partition coefficient (Wildman–Crippen LogP) is 2.71. The molecule has 0 N–H and O–H groups in total. The summed E-state index contributed by atoms with van der Waals surface area (Å²) in [7, 11) is 0. The topological polar surface area (TPSA) is 44.1 Å². The van der Waals surface area contributed by atoms with Crippen molar-refractivity contribution in [2.45, 2.75) is 38.7 Å². The molecular weight excluding hydrogens is 252 g/mol. The molecule has 1 aromatic carbocycles. The lowest BCUT2D eigenvalue weighted by atomic mass is 9.99. The maximum Gasteiger partial charge on any atom is 0.181 e. The molecule has 2 aliphatic rings. The summed E-state index contributed by atoms with van der Waals surface area (Å²) >= 11 is 0. The van der Waals surface area contributed by atoms with Crippen LogP contribution in [0.3, 0.4) is 0 Å². The SMILES string of the molecule is C[C@@H]1Cc2cc(-n3cnc4c3C(=O)CCC4)ccc2O1. The number of ether oxygens (including phenoxy) is 1. The van der Waals surface area contributed by atoms with Crippen LogP contribution in [0.1, 0.15) is 41.5 Å². The van der Waals surface area contributed by atoms with Gasteiger partial charge in [-0.25, -0.2) is 4.98 Å². The molecule has 20 heavy (non-hydrogen) atoms. The third-order valence-electron chi connectivity index (χ3n) is 4.08. The standard InChI is InChI=1S/C16H16N2O2/c1-10-7-11-8-12(5-6-15(11)20-10)18-9-17-13-3-2-4-14(19)16(13)18/h5-6,8-10H,2-4,7H2,1H3/t10-/m1/s1. The van der Waals surface area contributed by atoms with Crippen LogP contribution in [0.4, 0.5) is 0 Å². The van der Waals surface area contributed by atoms with E-state index in [0.717, 1.165) is 42.1 Å². The van der Waals surface area contributed by atoms with Gasteiger partial charge in [-0.05, 0) is 43.5 Å². The van der Waals surface area contributed by atoms with Gasteiger partial charge in [-0.15, -0.1) is 0 Å². The van der Waals surface area contributed by atoms with Crippen LogP contribution < -0.4 is 4.74 Å². The van der Waals surface area contributed by atoms with Crippen LogP contribution in [0.15, 0.2) is 24.5 Å². The Morgan fingerprint density at radius 1 is 1.35 bits per heavy atom. The number of hydrogen-bond acceptors (Lipinski definition) is 3. The lowest BCUT2D eigenvalue weighted by molar-refractivity contribution is 0.0965. The fraction of sp³-hybridized carbons (Fsp3) is 0.375. The zero-order valence-electron chi connectivity index (χ0n) is 11.4. The summed E-state index contributed by atoms with van der Waals surface area (Å²) in [5.41, 5.74) is 3.92. The average Bonchev–Trinajstić information content (AvgIpc) is 3.00. The number of aryl methyl sites for hydroxylation is 1. The van der Waals surface area contributed by atoms with Gasteiger partial charge in [-0.3, -0.25) is 9.36 Å². The zero-order valence-corrected chi connectivity index (χ0v) is 11.4. The van der Waals surface area contributed by atoms with Crippen molar-refractivity contribution in [3.8, 4) is 11.4 Å². The molecular formula is C16H16N2O2. The Morgan fingerprint density at radius 3 is 3.15 bits per heavy atom. The summed E-state index contributed by atoms with van der Waals surface area (Å²) in [6.07, 6.45) is 5.38. The van der Waals surface area contributed by atoms with Crippen LogP contribution in [0.25, 0.3) is 5.69 Å². The molecule has 0 amide bonds. The quantitative estimate of drug-likeness (QED) is 0.798. The van der Waals surface area contributed by atoms with Crippen LogP contribution in [0, 0.1) is 0 Å². The zero-order chi connectivity index (χ0) is 13.7. The number of carbonyl (C=O) groups excluding carboxylic acids is 1. The molecule has 1 aliphatic carbocycles. The van der Waals surface area contributed by atoms with Crippen molar-refractivity contribution in [3.05, 3.63) is 41.5 Å². The molecule has 4 heteroatoms. The number of benzene rings is 1. The van der Waals surface area contributed by atoms with E-state index >= 15 is 0 Å². The molecule has 1 aromatic heterocycles. The second-order valence-corrected chi connectivity index (χ2v) is 5.61. The number of imidazole rings is 1. The van der Waals surface area contributed by atoms with E-state index in [4.69, 9.17) is 4.74 Å². The van der Waals surface area contributed by atoms with Crippen molar-refractivity contribution < 1.29 is 9.53 Å². The Balaban J connectivity index is 1.81. The van der Waals surface area contributed by atoms with Gasteiger partial charge in [0.25, 0.3) is 0 Å². The molecule has 0 unspecified atom stereocenters. The average molecular weight is 268 g/mol. The minimum absolute atomic E-state index is 0.203. The van der Waals surface area contributed by atoms with Gasteiger partial charge in [0.2, 0.25) is 0 Å². The Labute approximate surface area is 117 Å². The minimum atomic E-state index is 0.203. The highest BCUT2D eigenvalue weighted by Crippen LogP contribution is 2.31. The molecule has 0 saturated carbocycles. The molecule has 1 aliphatic heterocycles. The molecule has 4 rings (SSSR count). The lowest BCUT2D eigenvalue weighted by Crippen LogP contribution is -2.14. The number of carbonyl (C=O) groups is 1. The summed E-state index contributed by atoms with van der Waals surface area (Å²) in [5, 5.41) is 0. The van der Waals surface area contributed by atoms with Crippen molar-refractivity contribution in [3.63, 3.8) is 0 Å². The summed E-state index contributed by atoms with van der Waals surface area (Å²) in [6, 6.07) is 6.11. The first-order valence-electron chi connectivity index (χ1n) is 7.12.